The fraction of sp³-hybridized carbons (Fsp3) is 0.481. The van der Waals surface area contributed by atoms with E-state index in [0.29, 0.717) is 36.9 Å². The normalized spacial score (nSPS) is 21.0. The van der Waals surface area contributed by atoms with Gasteiger partial charge in [0.15, 0.2) is 6.61 Å². The maximum Gasteiger partial charge on any atom is 0.260 e. The van der Waals surface area contributed by atoms with Crippen molar-refractivity contribution in [3.8, 4) is 11.5 Å². The number of ether oxygens (including phenoxy) is 2. The molecule has 35 heavy (non-hydrogen) atoms. The number of amides is 2. The fourth-order valence-electron chi connectivity index (χ4n) is 4.74. The molecular weight excluding hydrogens is 466 g/mol. The first-order valence-corrected chi connectivity index (χ1v) is 12.6. The molecule has 0 saturated carbocycles. The lowest BCUT2D eigenvalue weighted by Crippen LogP contribution is -2.53. The summed E-state index contributed by atoms with van der Waals surface area (Å²) in [6.07, 6.45) is 2.02. The van der Waals surface area contributed by atoms with Crippen LogP contribution < -0.4 is 9.47 Å². The molecule has 2 fully saturated rings. The van der Waals surface area contributed by atoms with E-state index in [4.69, 9.17) is 21.1 Å². The van der Waals surface area contributed by atoms with Crippen molar-refractivity contribution in [1.29, 1.82) is 0 Å². The van der Waals surface area contributed by atoms with Crippen molar-refractivity contribution in [2.75, 3.05) is 59.5 Å². The number of likely N-dealkylation sites (N-methyl/N-ethyl adjacent to an activating group) is 1. The highest BCUT2D eigenvalue weighted by Crippen LogP contribution is 2.35. The number of piperazine rings is 1. The Kier molecular flexibility index (Phi) is 8.52. The lowest BCUT2D eigenvalue weighted by atomic mass is 9.77. The third-order valence-electron chi connectivity index (χ3n) is 6.86. The molecule has 2 aromatic carbocycles. The van der Waals surface area contributed by atoms with E-state index in [0.717, 1.165) is 44.8 Å². The first-order chi connectivity index (χ1) is 16.9. The van der Waals surface area contributed by atoms with E-state index < -0.39 is 5.41 Å². The number of nitrogens with zero attached hydrogens (tertiary/aromatic N) is 3. The van der Waals surface area contributed by atoms with Gasteiger partial charge in [0.1, 0.15) is 11.5 Å². The number of rotatable bonds is 8. The van der Waals surface area contributed by atoms with Crippen LogP contribution >= 0.6 is 11.6 Å². The molecule has 8 heteroatoms. The number of hydrogen-bond donors (Lipinski definition) is 0. The summed E-state index contributed by atoms with van der Waals surface area (Å²) in [6, 6.07) is 16.6. The van der Waals surface area contributed by atoms with Crippen LogP contribution in [0.4, 0.5) is 0 Å². The average molecular weight is 500 g/mol. The van der Waals surface area contributed by atoms with Gasteiger partial charge in [0, 0.05) is 56.1 Å². The zero-order valence-corrected chi connectivity index (χ0v) is 21.1. The summed E-state index contributed by atoms with van der Waals surface area (Å²) in [6.45, 7) is 4.70. The van der Waals surface area contributed by atoms with Gasteiger partial charge in [0.05, 0.1) is 6.61 Å². The largest absolute Gasteiger partial charge is 0.493 e. The number of para-hydroxylation sites is 1. The number of hydrogen-bond acceptors (Lipinski definition) is 5. The molecule has 2 heterocycles. The van der Waals surface area contributed by atoms with Crippen molar-refractivity contribution in [1.82, 2.24) is 14.7 Å². The quantitative estimate of drug-likeness (QED) is 0.555. The Morgan fingerprint density at radius 1 is 0.857 bits per heavy atom. The van der Waals surface area contributed by atoms with Crippen molar-refractivity contribution >= 4 is 23.4 Å². The minimum Gasteiger partial charge on any atom is -0.493 e. The Hall–Kier alpha value is -2.77. The maximum atomic E-state index is 13.3. The molecule has 7 nitrogen and oxygen atoms in total. The van der Waals surface area contributed by atoms with Crippen LogP contribution in [0.5, 0.6) is 11.5 Å². The molecule has 2 saturated heterocycles. The fourth-order valence-corrected chi connectivity index (χ4v) is 4.87. The van der Waals surface area contributed by atoms with Crippen LogP contribution in [0, 0.1) is 5.41 Å². The van der Waals surface area contributed by atoms with Crippen molar-refractivity contribution in [2.24, 2.45) is 5.41 Å². The number of likely N-dealkylation sites (tertiary alicyclic amines) is 1. The van der Waals surface area contributed by atoms with E-state index in [-0.39, 0.29) is 18.4 Å². The van der Waals surface area contributed by atoms with Gasteiger partial charge in [-0.2, -0.15) is 0 Å². The summed E-state index contributed by atoms with van der Waals surface area (Å²) in [4.78, 5) is 32.4. The molecule has 2 aliphatic rings. The monoisotopic (exact) mass is 499 g/mol. The summed E-state index contributed by atoms with van der Waals surface area (Å²) in [5.74, 6) is 1.43. The van der Waals surface area contributed by atoms with Gasteiger partial charge in [0.2, 0.25) is 5.91 Å². The van der Waals surface area contributed by atoms with Gasteiger partial charge in [-0.25, -0.2) is 0 Å². The zero-order valence-electron chi connectivity index (χ0n) is 20.3. The van der Waals surface area contributed by atoms with Gasteiger partial charge in [-0.3, -0.25) is 9.59 Å². The highest BCUT2D eigenvalue weighted by atomic mass is 35.5. The average Bonchev–Trinajstić information content (AvgIpc) is 2.88. The summed E-state index contributed by atoms with van der Waals surface area (Å²) in [5, 5.41) is 0.618. The van der Waals surface area contributed by atoms with E-state index in [1.165, 1.54) is 0 Å². The van der Waals surface area contributed by atoms with E-state index in [1.54, 1.807) is 24.3 Å². The Bertz CT molecular complexity index is 980. The maximum absolute atomic E-state index is 13.3. The van der Waals surface area contributed by atoms with Crippen LogP contribution in [0.1, 0.15) is 19.3 Å². The summed E-state index contributed by atoms with van der Waals surface area (Å²) >= 11 is 5.93. The molecular formula is C27H34ClN3O4. The molecule has 0 radical (unpaired) electrons. The van der Waals surface area contributed by atoms with E-state index in [9.17, 15) is 9.59 Å². The standard InChI is InChI=1S/C27H34ClN3O4/c1-29-14-16-30(17-15-29)25(32)18-27(21-35-23-6-3-2-4-7-23)12-5-13-31(20-27)26(33)19-34-24-10-8-22(28)9-11-24/h2-4,6-11H,5,12-21H2,1H3/t27-/m1/s1. The number of halogens is 1. The molecule has 0 N–H and O–H groups in total. The predicted molar refractivity (Wildman–Crippen MR) is 136 cm³/mol. The molecule has 0 aliphatic carbocycles. The topological polar surface area (TPSA) is 62.3 Å². The lowest BCUT2D eigenvalue weighted by Gasteiger charge is -2.43. The molecule has 0 spiro atoms. The molecule has 2 aliphatic heterocycles. The third-order valence-corrected chi connectivity index (χ3v) is 7.11. The molecule has 4 rings (SSSR count). The molecule has 0 bridgehead atoms. The van der Waals surface area contributed by atoms with Crippen LogP contribution in [0.25, 0.3) is 0 Å². The Morgan fingerprint density at radius 2 is 1.54 bits per heavy atom. The zero-order chi connectivity index (χ0) is 24.7. The van der Waals surface area contributed by atoms with Crippen LogP contribution in [-0.2, 0) is 9.59 Å². The molecule has 0 unspecified atom stereocenters. The van der Waals surface area contributed by atoms with Gasteiger partial charge < -0.3 is 24.2 Å². The van der Waals surface area contributed by atoms with Crippen molar-refractivity contribution in [3.05, 3.63) is 59.6 Å². The second kappa shape index (κ2) is 11.8. The predicted octanol–water partition coefficient (Wildman–Crippen LogP) is 3.57. The second-order valence-electron chi connectivity index (χ2n) is 9.62. The van der Waals surface area contributed by atoms with E-state index in [2.05, 4.69) is 11.9 Å². The summed E-state index contributed by atoms with van der Waals surface area (Å²) in [5.41, 5.74) is -0.440. The molecule has 2 amide bonds. The molecule has 188 valence electrons. The summed E-state index contributed by atoms with van der Waals surface area (Å²) < 4.78 is 11.9. The highest BCUT2D eigenvalue weighted by molar-refractivity contribution is 6.30. The number of carbonyl (C=O) groups is 2. The minimum absolute atomic E-state index is 0.0519. The lowest BCUT2D eigenvalue weighted by molar-refractivity contribution is -0.143. The van der Waals surface area contributed by atoms with Crippen molar-refractivity contribution < 1.29 is 19.1 Å². The third kappa shape index (κ3) is 7.12. The van der Waals surface area contributed by atoms with Gasteiger partial charge in [-0.05, 0) is 56.3 Å². The van der Waals surface area contributed by atoms with Gasteiger partial charge in [0.25, 0.3) is 5.91 Å². The number of benzene rings is 2. The van der Waals surface area contributed by atoms with E-state index in [1.807, 2.05) is 40.1 Å². The SMILES string of the molecule is CN1CCN(C(=O)C[C@]2(COc3ccccc3)CCCN(C(=O)COc3ccc(Cl)cc3)C2)CC1. The van der Waals surface area contributed by atoms with Crippen LogP contribution in [0.15, 0.2) is 54.6 Å². The highest BCUT2D eigenvalue weighted by Gasteiger charge is 2.41. The minimum atomic E-state index is -0.440. The smallest absolute Gasteiger partial charge is 0.260 e. The number of piperidine rings is 1. The summed E-state index contributed by atoms with van der Waals surface area (Å²) in [7, 11) is 2.08. The van der Waals surface area contributed by atoms with Gasteiger partial charge >= 0.3 is 0 Å². The van der Waals surface area contributed by atoms with Gasteiger partial charge in [-0.15, -0.1) is 0 Å². The first-order valence-electron chi connectivity index (χ1n) is 12.2. The van der Waals surface area contributed by atoms with Crippen molar-refractivity contribution in [3.63, 3.8) is 0 Å². The van der Waals surface area contributed by atoms with Crippen LogP contribution in [-0.4, -0.2) is 86.0 Å². The molecule has 0 aromatic heterocycles. The first kappa shape index (κ1) is 25.3. The van der Waals surface area contributed by atoms with Crippen molar-refractivity contribution in [2.45, 2.75) is 19.3 Å². The second-order valence-corrected chi connectivity index (χ2v) is 10.1. The Labute approximate surface area is 212 Å². The molecule has 2 aromatic rings. The van der Waals surface area contributed by atoms with E-state index >= 15 is 0 Å². The van der Waals surface area contributed by atoms with Gasteiger partial charge in [-0.1, -0.05) is 29.8 Å². The Balaban J connectivity index is 1.43. The van der Waals surface area contributed by atoms with Crippen LogP contribution in [0.2, 0.25) is 5.02 Å². The van der Waals surface area contributed by atoms with Crippen LogP contribution in [0.3, 0.4) is 0 Å². The number of carbonyl (C=O) groups excluding carboxylic acids is 2. The molecule has 1 atom stereocenters. The Morgan fingerprint density at radius 3 is 2.26 bits per heavy atom.